The summed E-state index contributed by atoms with van der Waals surface area (Å²) in [5, 5.41) is 23.9. The van der Waals surface area contributed by atoms with Crippen molar-refractivity contribution in [2.75, 3.05) is 12.3 Å². The Bertz CT molecular complexity index is 1160. The van der Waals surface area contributed by atoms with E-state index in [1.807, 2.05) is 20.0 Å². The summed E-state index contributed by atoms with van der Waals surface area (Å²) in [6.45, 7) is 6.46. The lowest BCUT2D eigenvalue weighted by Gasteiger charge is -2.32. The molecule has 190 valence electrons. The maximum Gasteiger partial charge on any atom is 0.278 e. The Balaban J connectivity index is 0.00000167. The lowest BCUT2D eigenvalue weighted by Crippen LogP contribution is -2.40. The largest absolute Gasteiger partial charge is 0.482 e. The molecule has 2 unspecified atom stereocenters. The number of nitrogen functional groups attached to an aromatic ring is 1. The molecule has 2 aromatic heterocycles. The van der Waals surface area contributed by atoms with Gasteiger partial charge in [-0.3, -0.25) is 4.68 Å². The van der Waals surface area contributed by atoms with Crippen molar-refractivity contribution in [2.45, 2.75) is 52.2 Å². The second kappa shape index (κ2) is 11.5. The Hall–Kier alpha value is -2.43. The van der Waals surface area contributed by atoms with E-state index in [0.29, 0.717) is 29.8 Å². The molecule has 3 aromatic rings. The lowest BCUT2D eigenvalue weighted by atomic mass is 9.98. The Labute approximate surface area is 213 Å². The monoisotopic (exact) mass is 526 g/mol. The standard InChI is InChI=1S/C22H23Cl2FN4O4.C2H6/c1-12(19-16(23)2-3-17(25)20(19)24)33-18-6-14(8-27-21(18)26)15-9-28-29(11-15)10-13-4-5-32-22(30,31)7-13;1-2/h2-3,6,8-9,11-13,30-31H,4-5,7,10H2,1H3,(H2,26,27);1-2H3. The van der Waals surface area contributed by atoms with Crippen LogP contribution in [0.3, 0.4) is 0 Å². The second-order valence-corrected chi connectivity index (χ2v) is 8.81. The van der Waals surface area contributed by atoms with Crippen LogP contribution in [0.5, 0.6) is 5.75 Å². The van der Waals surface area contributed by atoms with Crippen LogP contribution < -0.4 is 10.5 Å². The number of nitrogens with zero attached hydrogens (tertiary/aromatic N) is 3. The maximum atomic E-state index is 13.9. The van der Waals surface area contributed by atoms with E-state index in [9.17, 15) is 14.6 Å². The Morgan fingerprint density at radius 2 is 2.03 bits per heavy atom. The smallest absolute Gasteiger partial charge is 0.278 e. The van der Waals surface area contributed by atoms with Crippen molar-refractivity contribution in [3.8, 4) is 16.9 Å². The molecule has 4 rings (SSSR count). The van der Waals surface area contributed by atoms with Crippen LogP contribution >= 0.6 is 23.2 Å². The first kappa shape index (κ1) is 27.2. The summed E-state index contributed by atoms with van der Waals surface area (Å²) in [5.41, 5.74) is 7.79. The minimum atomic E-state index is -2.10. The van der Waals surface area contributed by atoms with Gasteiger partial charge in [-0.15, -0.1) is 0 Å². The normalized spacial score (nSPS) is 17.9. The number of aliphatic hydroxyl groups is 2. The third-order valence-electron chi connectivity index (χ3n) is 5.50. The second-order valence-electron chi connectivity index (χ2n) is 8.03. The Kier molecular flexibility index (Phi) is 8.95. The van der Waals surface area contributed by atoms with E-state index in [1.165, 1.54) is 12.1 Å². The molecule has 4 N–H and O–H groups in total. The van der Waals surface area contributed by atoms with Gasteiger partial charge in [-0.1, -0.05) is 37.0 Å². The zero-order valence-electron chi connectivity index (χ0n) is 19.7. The summed E-state index contributed by atoms with van der Waals surface area (Å²) in [6.07, 6.45) is 5.21. The first-order valence-electron chi connectivity index (χ1n) is 11.3. The highest BCUT2D eigenvalue weighted by molar-refractivity contribution is 6.36. The molecule has 0 radical (unpaired) electrons. The van der Waals surface area contributed by atoms with E-state index < -0.39 is 17.9 Å². The number of benzene rings is 1. The van der Waals surface area contributed by atoms with Crippen molar-refractivity contribution >= 4 is 29.0 Å². The quantitative estimate of drug-likeness (QED) is 0.298. The van der Waals surface area contributed by atoms with Gasteiger partial charge >= 0.3 is 0 Å². The number of anilines is 1. The average molecular weight is 527 g/mol. The summed E-state index contributed by atoms with van der Waals surface area (Å²) in [6, 6.07) is 4.32. The summed E-state index contributed by atoms with van der Waals surface area (Å²) in [5.74, 6) is -2.24. The van der Waals surface area contributed by atoms with E-state index in [4.69, 9.17) is 38.4 Å². The summed E-state index contributed by atoms with van der Waals surface area (Å²) in [4.78, 5) is 4.20. The van der Waals surface area contributed by atoms with Crippen molar-refractivity contribution in [2.24, 2.45) is 5.92 Å². The van der Waals surface area contributed by atoms with Crippen molar-refractivity contribution in [3.05, 3.63) is 58.2 Å². The van der Waals surface area contributed by atoms with Gasteiger partial charge in [0.15, 0.2) is 11.6 Å². The van der Waals surface area contributed by atoms with Gasteiger partial charge in [0.05, 0.1) is 17.8 Å². The zero-order valence-corrected chi connectivity index (χ0v) is 21.2. The molecular weight excluding hydrogens is 498 g/mol. The summed E-state index contributed by atoms with van der Waals surface area (Å²) < 4.78 is 26.5. The minimum absolute atomic E-state index is 0.00607. The molecule has 0 aliphatic carbocycles. The van der Waals surface area contributed by atoms with Crippen LogP contribution in [0.15, 0.2) is 36.8 Å². The fourth-order valence-electron chi connectivity index (χ4n) is 3.83. The molecule has 11 heteroatoms. The highest BCUT2D eigenvalue weighted by Crippen LogP contribution is 2.37. The van der Waals surface area contributed by atoms with Gasteiger partial charge in [-0.25, -0.2) is 9.37 Å². The van der Waals surface area contributed by atoms with E-state index in [2.05, 4.69) is 10.1 Å². The lowest BCUT2D eigenvalue weighted by molar-refractivity contribution is -0.360. The van der Waals surface area contributed by atoms with Crippen molar-refractivity contribution < 1.29 is 24.1 Å². The van der Waals surface area contributed by atoms with Crippen LogP contribution in [0.4, 0.5) is 10.2 Å². The van der Waals surface area contributed by atoms with Crippen molar-refractivity contribution in [1.29, 1.82) is 0 Å². The molecule has 3 heterocycles. The topological polar surface area (TPSA) is 116 Å². The Morgan fingerprint density at radius 3 is 2.74 bits per heavy atom. The van der Waals surface area contributed by atoms with Crippen LogP contribution in [-0.4, -0.2) is 37.6 Å². The van der Waals surface area contributed by atoms with Gasteiger partial charge in [-0.2, -0.15) is 5.10 Å². The molecular formula is C24H29Cl2FN4O4. The summed E-state index contributed by atoms with van der Waals surface area (Å²) in [7, 11) is 0. The fourth-order valence-corrected chi connectivity index (χ4v) is 4.51. The Morgan fingerprint density at radius 1 is 1.29 bits per heavy atom. The molecule has 35 heavy (non-hydrogen) atoms. The van der Waals surface area contributed by atoms with E-state index in [0.717, 1.165) is 5.56 Å². The number of ether oxygens (including phenoxy) is 2. The van der Waals surface area contributed by atoms with Crippen LogP contribution in [-0.2, 0) is 11.3 Å². The number of aromatic nitrogens is 3. The average Bonchev–Trinajstić information content (AvgIpc) is 3.27. The first-order valence-corrected chi connectivity index (χ1v) is 12.1. The third kappa shape index (κ3) is 6.62. The number of halogens is 3. The van der Waals surface area contributed by atoms with Crippen molar-refractivity contribution in [1.82, 2.24) is 14.8 Å². The van der Waals surface area contributed by atoms with Gasteiger partial charge in [0.25, 0.3) is 5.97 Å². The molecule has 8 nitrogen and oxygen atoms in total. The summed E-state index contributed by atoms with van der Waals surface area (Å²) >= 11 is 12.3. The van der Waals surface area contributed by atoms with E-state index >= 15 is 0 Å². The molecule has 1 aliphatic rings. The molecule has 2 atom stereocenters. The first-order chi connectivity index (χ1) is 16.6. The van der Waals surface area contributed by atoms with E-state index in [1.54, 1.807) is 30.1 Å². The molecule has 0 spiro atoms. The fraction of sp³-hybridized carbons (Fsp3) is 0.417. The minimum Gasteiger partial charge on any atom is -0.482 e. The van der Waals surface area contributed by atoms with Gasteiger partial charge in [0.2, 0.25) is 0 Å². The van der Waals surface area contributed by atoms with Crippen LogP contribution in [0.2, 0.25) is 10.0 Å². The van der Waals surface area contributed by atoms with Gasteiger partial charge in [0.1, 0.15) is 11.9 Å². The maximum absolute atomic E-state index is 13.9. The molecule has 1 saturated heterocycles. The van der Waals surface area contributed by atoms with Crippen LogP contribution in [0, 0.1) is 11.7 Å². The number of pyridine rings is 1. The SMILES string of the molecule is CC.CC(Oc1cc(-c2cnn(CC3CCOC(O)(O)C3)c2)cnc1N)c1c(Cl)ccc(F)c1Cl. The number of rotatable bonds is 6. The number of hydrogen-bond acceptors (Lipinski definition) is 7. The highest BCUT2D eigenvalue weighted by atomic mass is 35.5. The number of nitrogens with two attached hydrogens (primary N) is 1. The van der Waals surface area contributed by atoms with Crippen LogP contribution in [0.25, 0.3) is 11.1 Å². The molecule has 0 amide bonds. The molecule has 1 fully saturated rings. The zero-order chi connectivity index (χ0) is 25.8. The van der Waals surface area contributed by atoms with Crippen LogP contribution in [0.1, 0.15) is 45.3 Å². The molecule has 0 saturated carbocycles. The predicted molar refractivity (Wildman–Crippen MR) is 133 cm³/mol. The molecule has 0 bridgehead atoms. The third-order valence-corrected chi connectivity index (χ3v) is 6.21. The van der Waals surface area contributed by atoms with Gasteiger partial charge in [0, 0.05) is 47.1 Å². The van der Waals surface area contributed by atoms with Crippen molar-refractivity contribution in [3.63, 3.8) is 0 Å². The van der Waals surface area contributed by atoms with Gasteiger partial charge < -0.3 is 25.4 Å². The van der Waals surface area contributed by atoms with Gasteiger partial charge in [-0.05, 0) is 37.5 Å². The highest BCUT2D eigenvalue weighted by Gasteiger charge is 2.33. The predicted octanol–water partition coefficient (Wildman–Crippen LogP) is 5.20. The van der Waals surface area contributed by atoms with E-state index in [-0.39, 0.29) is 34.8 Å². The molecule has 1 aromatic carbocycles. The molecule has 1 aliphatic heterocycles. The number of hydrogen-bond donors (Lipinski definition) is 3.